The summed E-state index contributed by atoms with van der Waals surface area (Å²) in [5, 5.41) is 3.17. The van der Waals surface area contributed by atoms with Gasteiger partial charge < -0.3 is 14.8 Å². The van der Waals surface area contributed by atoms with Crippen LogP contribution in [0, 0.1) is 0 Å². The van der Waals surface area contributed by atoms with E-state index < -0.39 is 17.9 Å². The van der Waals surface area contributed by atoms with Crippen LogP contribution in [0.4, 0.5) is 0 Å². The van der Waals surface area contributed by atoms with Crippen molar-refractivity contribution in [3.63, 3.8) is 0 Å². The molecule has 1 aromatic rings. The number of hydrogen-bond donors (Lipinski definition) is 1. The minimum Gasteiger partial charge on any atom is -0.463 e. The number of allylic oxidation sites excluding steroid dienone is 2. The molecule has 6 nitrogen and oxygen atoms in total. The van der Waals surface area contributed by atoms with Crippen LogP contribution in [0.3, 0.4) is 0 Å². The first-order chi connectivity index (χ1) is 12.5. The van der Waals surface area contributed by atoms with Crippen LogP contribution in [-0.4, -0.2) is 31.4 Å². The summed E-state index contributed by atoms with van der Waals surface area (Å²) in [6, 6.07) is 6.83. The molecule has 0 fully saturated rings. The van der Waals surface area contributed by atoms with Crippen LogP contribution >= 0.6 is 11.6 Å². The number of esters is 2. The van der Waals surface area contributed by atoms with E-state index in [1.807, 2.05) is 0 Å². The third-order valence-electron chi connectivity index (χ3n) is 3.92. The number of carbonyl (C=O) groups is 3. The number of carbonyl (C=O) groups excluding carboxylic acids is 3. The highest BCUT2D eigenvalue weighted by atomic mass is 35.5. The molecule has 0 bridgehead atoms. The van der Waals surface area contributed by atoms with Gasteiger partial charge in [0.05, 0.1) is 36.0 Å². The van der Waals surface area contributed by atoms with Gasteiger partial charge in [0.2, 0.25) is 0 Å². The van der Waals surface area contributed by atoms with E-state index in [1.54, 1.807) is 45.0 Å². The average molecular weight is 378 g/mol. The molecule has 0 radical (unpaired) electrons. The molecule has 26 heavy (non-hydrogen) atoms. The summed E-state index contributed by atoms with van der Waals surface area (Å²) in [6.45, 7) is 5.28. The van der Waals surface area contributed by atoms with Gasteiger partial charge in [0, 0.05) is 10.7 Å². The number of dihydropyridines is 1. The summed E-state index contributed by atoms with van der Waals surface area (Å²) in [4.78, 5) is 36.8. The summed E-state index contributed by atoms with van der Waals surface area (Å²) >= 11 is 6.33. The van der Waals surface area contributed by atoms with E-state index in [9.17, 15) is 14.4 Å². The van der Waals surface area contributed by atoms with Crippen LogP contribution < -0.4 is 5.32 Å². The molecule has 1 atom stereocenters. The third-order valence-corrected chi connectivity index (χ3v) is 4.26. The molecule has 1 heterocycles. The zero-order valence-corrected chi connectivity index (χ0v) is 15.6. The first-order valence-electron chi connectivity index (χ1n) is 8.21. The molecule has 7 heteroatoms. The summed E-state index contributed by atoms with van der Waals surface area (Å²) in [5.41, 5.74) is 1.22. The van der Waals surface area contributed by atoms with E-state index in [4.69, 9.17) is 21.1 Å². The average Bonchev–Trinajstić information content (AvgIpc) is 2.61. The van der Waals surface area contributed by atoms with Crippen LogP contribution in [-0.2, 0) is 23.9 Å². The topological polar surface area (TPSA) is 81.7 Å². The van der Waals surface area contributed by atoms with Crippen molar-refractivity contribution in [3.8, 4) is 0 Å². The highest BCUT2D eigenvalue weighted by Gasteiger charge is 2.39. The maximum atomic E-state index is 12.6. The molecule has 1 aromatic carbocycles. The fraction of sp³-hybridized carbons (Fsp3) is 0.316. The van der Waals surface area contributed by atoms with Gasteiger partial charge in [0.25, 0.3) is 0 Å². The molecular formula is C19H20ClNO5. The van der Waals surface area contributed by atoms with Crippen molar-refractivity contribution >= 4 is 29.8 Å². The lowest BCUT2D eigenvalue weighted by Crippen LogP contribution is -2.34. The van der Waals surface area contributed by atoms with E-state index in [1.165, 1.54) is 0 Å². The molecule has 1 unspecified atom stereocenters. The lowest BCUT2D eigenvalue weighted by Gasteiger charge is -2.30. The minimum atomic E-state index is -0.872. The molecule has 2 rings (SSSR count). The monoisotopic (exact) mass is 377 g/mol. The quantitative estimate of drug-likeness (QED) is 0.606. The van der Waals surface area contributed by atoms with Crippen molar-refractivity contribution in [1.82, 2.24) is 5.32 Å². The van der Waals surface area contributed by atoms with Gasteiger partial charge in [-0.05, 0) is 32.4 Å². The minimum absolute atomic E-state index is 0.0311. The Bertz CT molecular complexity index is 797. The predicted octanol–water partition coefficient (Wildman–Crippen LogP) is 2.88. The number of ether oxygens (including phenoxy) is 2. The van der Waals surface area contributed by atoms with Crippen molar-refractivity contribution in [2.24, 2.45) is 0 Å². The van der Waals surface area contributed by atoms with Gasteiger partial charge in [0.15, 0.2) is 6.29 Å². The van der Waals surface area contributed by atoms with Crippen molar-refractivity contribution < 1.29 is 23.9 Å². The molecule has 1 N–H and O–H groups in total. The van der Waals surface area contributed by atoms with Crippen LogP contribution in [0.2, 0.25) is 5.02 Å². The fourth-order valence-electron chi connectivity index (χ4n) is 2.88. The standard InChI is InChI=1S/C19H20ClNO5/c1-4-25-18(23)15-11(3)21-14(10-22)17(19(24)26-5-2)16(15)12-8-6-7-9-13(12)20/h6-10,16,21H,4-5H2,1-3H3. The molecule has 0 aliphatic carbocycles. The Hall–Kier alpha value is -2.60. The van der Waals surface area contributed by atoms with E-state index >= 15 is 0 Å². The molecule has 0 spiro atoms. The zero-order valence-electron chi connectivity index (χ0n) is 14.8. The van der Waals surface area contributed by atoms with Crippen LogP contribution in [0.1, 0.15) is 32.3 Å². The Labute approximate surface area is 156 Å². The highest BCUT2D eigenvalue weighted by Crippen LogP contribution is 2.41. The second-order valence-electron chi connectivity index (χ2n) is 5.50. The van der Waals surface area contributed by atoms with Gasteiger partial charge in [-0.3, -0.25) is 4.79 Å². The van der Waals surface area contributed by atoms with E-state index in [0.29, 0.717) is 22.6 Å². The smallest absolute Gasteiger partial charge is 0.337 e. The van der Waals surface area contributed by atoms with Gasteiger partial charge >= 0.3 is 11.9 Å². The number of halogens is 1. The molecule has 138 valence electrons. The lowest BCUT2D eigenvalue weighted by atomic mass is 9.80. The van der Waals surface area contributed by atoms with Crippen LogP contribution in [0.5, 0.6) is 0 Å². The molecular weight excluding hydrogens is 358 g/mol. The molecule has 0 amide bonds. The number of rotatable bonds is 6. The van der Waals surface area contributed by atoms with Gasteiger partial charge in [-0.2, -0.15) is 0 Å². The lowest BCUT2D eigenvalue weighted by molar-refractivity contribution is -0.139. The predicted molar refractivity (Wildman–Crippen MR) is 96.4 cm³/mol. The normalized spacial score (nSPS) is 16.8. The second-order valence-corrected chi connectivity index (χ2v) is 5.91. The number of hydrogen-bond acceptors (Lipinski definition) is 6. The largest absolute Gasteiger partial charge is 0.463 e. The van der Waals surface area contributed by atoms with Crippen molar-refractivity contribution in [3.05, 3.63) is 57.4 Å². The molecule has 0 aromatic heterocycles. The van der Waals surface area contributed by atoms with Gasteiger partial charge in [-0.25, -0.2) is 9.59 Å². The Morgan fingerprint density at radius 2 is 1.69 bits per heavy atom. The summed E-state index contributed by atoms with van der Waals surface area (Å²) in [6.07, 6.45) is 0.529. The van der Waals surface area contributed by atoms with Gasteiger partial charge in [-0.15, -0.1) is 0 Å². The summed E-state index contributed by atoms with van der Waals surface area (Å²) < 4.78 is 10.3. The summed E-state index contributed by atoms with van der Waals surface area (Å²) in [7, 11) is 0. The van der Waals surface area contributed by atoms with E-state index in [2.05, 4.69) is 5.32 Å². The van der Waals surface area contributed by atoms with Crippen molar-refractivity contribution in [1.29, 1.82) is 0 Å². The number of aldehydes is 1. The second kappa shape index (κ2) is 8.67. The van der Waals surface area contributed by atoms with Crippen LogP contribution in [0.25, 0.3) is 0 Å². The Morgan fingerprint density at radius 3 is 2.23 bits per heavy atom. The van der Waals surface area contributed by atoms with E-state index in [-0.39, 0.29) is 30.1 Å². The SMILES string of the molecule is CCOC(=O)C1=C(C)NC(C=O)=C(C(=O)OCC)C1c1ccccc1Cl. The maximum absolute atomic E-state index is 12.6. The first-order valence-corrected chi connectivity index (χ1v) is 8.59. The van der Waals surface area contributed by atoms with Crippen molar-refractivity contribution in [2.75, 3.05) is 13.2 Å². The van der Waals surface area contributed by atoms with Gasteiger partial charge in [0.1, 0.15) is 0 Å². The first kappa shape index (κ1) is 19.7. The molecule has 1 aliphatic heterocycles. The maximum Gasteiger partial charge on any atom is 0.337 e. The Kier molecular flexibility index (Phi) is 6.58. The third kappa shape index (κ3) is 3.80. The highest BCUT2D eigenvalue weighted by molar-refractivity contribution is 6.31. The Balaban J connectivity index is 2.73. The fourth-order valence-corrected chi connectivity index (χ4v) is 3.13. The molecule has 0 saturated carbocycles. The van der Waals surface area contributed by atoms with Crippen LogP contribution in [0.15, 0.2) is 46.8 Å². The number of benzene rings is 1. The van der Waals surface area contributed by atoms with Gasteiger partial charge in [-0.1, -0.05) is 29.8 Å². The summed E-state index contributed by atoms with van der Waals surface area (Å²) in [5.74, 6) is -2.15. The Morgan fingerprint density at radius 1 is 1.12 bits per heavy atom. The number of nitrogens with one attached hydrogen (secondary N) is 1. The molecule has 1 aliphatic rings. The zero-order chi connectivity index (χ0) is 19.3. The van der Waals surface area contributed by atoms with E-state index in [0.717, 1.165) is 0 Å². The van der Waals surface area contributed by atoms with Crippen molar-refractivity contribution in [2.45, 2.75) is 26.7 Å². The molecule has 0 saturated heterocycles.